The number of likely N-dealkylation sites (tertiary alicyclic amines) is 2. The van der Waals surface area contributed by atoms with E-state index in [4.69, 9.17) is 0 Å². The quantitative estimate of drug-likeness (QED) is 0.377. The molecule has 1 aliphatic carbocycles. The average molecular weight is 648 g/mol. The number of rotatable bonds is 6. The van der Waals surface area contributed by atoms with Gasteiger partial charge < -0.3 is 14.9 Å². The first-order valence-electron chi connectivity index (χ1n) is 14.0. The van der Waals surface area contributed by atoms with Crippen molar-refractivity contribution < 1.29 is 49.5 Å². The molecule has 3 heterocycles. The van der Waals surface area contributed by atoms with Crippen LogP contribution in [-0.2, 0) is 36.3 Å². The van der Waals surface area contributed by atoms with Crippen LogP contribution in [0.4, 0.5) is 26.3 Å². The monoisotopic (exact) mass is 647 g/mol. The summed E-state index contributed by atoms with van der Waals surface area (Å²) in [6, 6.07) is 2.34. The maximum atomic E-state index is 14.9. The zero-order chi connectivity index (χ0) is 32.6. The first kappa shape index (κ1) is 32.2. The molecule has 0 bridgehead atoms. The van der Waals surface area contributed by atoms with E-state index in [9.17, 15) is 49.5 Å². The number of carbonyl (C=O) groups excluding carboxylic acids is 2. The highest BCUT2D eigenvalue weighted by molar-refractivity contribution is 7.92. The van der Waals surface area contributed by atoms with E-state index in [1.807, 2.05) is 0 Å². The van der Waals surface area contributed by atoms with Crippen LogP contribution in [0.3, 0.4) is 0 Å². The molecule has 8 nitrogen and oxygen atoms in total. The molecule has 0 radical (unpaired) electrons. The van der Waals surface area contributed by atoms with Crippen LogP contribution in [0.15, 0.2) is 41.4 Å². The SMILES string of the molecule is CC(C)(O)CN1C(=O)[C@H](F)C[C@@H]1C(=O)N1CCC2(S(=O)(=O)c3ccc(F)cc3)c3cnc(C(C)(F)C(F)(F)F)cc3CCC12. The van der Waals surface area contributed by atoms with Gasteiger partial charge in [-0.2, -0.15) is 13.2 Å². The molecule has 1 N–H and O–H groups in total. The lowest BCUT2D eigenvalue weighted by Gasteiger charge is -2.43. The van der Waals surface area contributed by atoms with Gasteiger partial charge in [-0.1, -0.05) is 0 Å². The lowest BCUT2D eigenvalue weighted by atomic mass is 9.78. The van der Waals surface area contributed by atoms with Gasteiger partial charge in [-0.3, -0.25) is 14.6 Å². The second-order valence-corrected chi connectivity index (χ2v) is 14.6. The minimum Gasteiger partial charge on any atom is -0.389 e. The van der Waals surface area contributed by atoms with Crippen LogP contribution in [0.2, 0.25) is 0 Å². The molecular weight excluding hydrogens is 616 g/mol. The number of aromatic nitrogens is 1. The number of hydrogen-bond acceptors (Lipinski definition) is 6. The highest BCUT2D eigenvalue weighted by Gasteiger charge is 2.63. The van der Waals surface area contributed by atoms with E-state index < -0.39 is 80.0 Å². The van der Waals surface area contributed by atoms with Gasteiger partial charge in [0, 0.05) is 25.7 Å². The molecule has 1 aromatic heterocycles. The van der Waals surface area contributed by atoms with Gasteiger partial charge in [0.25, 0.3) is 5.91 Å². The minimum atomic E-state index is -5.30. The maximum absolute atomic E-state index is 14.9. The predicted molar refractivity (Wildman–Crippen MR) is 144 cm³/mol. The zero-order valence-corrected chi connectivity index (χ0v) is 24.9. The van der Waals surface area contributed by atoms with E-state index in [0.717, 1.165) is 41.4 Å². The van der Waals surface area contributed by atoms with Crippen molar-refractivity contribution in [3.63, 3.8) is 0 Å². The zero-order valence-electron chi connectivity index (χ0n) is 24.0. The molecule has 3 unspecified atom stereocenters. The van der Waals surface area contributed by atoms with Gasteiger partial charge >= 0.3 is 6.18 Å². The number of hydrogen-bond donors (Lipinski definition) is 1. The molecule has 5 atom stereocenters. The van der Waals surface area contributed by atoms with Gasteiger partial charge in [-0.25, -0.2) is 21.6 Å². The fourth-order valence-electron chi connectivity index (χ4n) is 6.68. The lowest BCUT2D eigenvalue weighted by Crippen LogP contribution is -2.56. The number of carbonyl (C=O) groups is 2. The number of benzene rings is 1. The molecule has 0 spiro atoms. The number of alkyl halides is 5. The van der Waals surface area contributed by atoms with E-state index in [2.05, 4.69) is 4.98 Å². The Balaban J connectivity index is 1.63. The lowest BCUT2D eigenvalue weighted by molar-refractivity contribution is -0.230. The van der Waals surface area contributed by atoms with Crippen molar-refractivity contribution in [1.82, 2.24) is 14.8 Å². The Hall–Kier alpha value is -3.20. The largest absolute Gasteiger partial charge is 0.428 e. The number of amides is 2. The molecular formula is C29H31F6N3O5S. The number of fused-ring (bicyclic) bond motifs is 3. The van der Waals surface area contributed by atoms with Gasteiger partial charge in [-0.05, 0) is 81.5 Å². The molecule has 5 rings (SSSR count). The summed E-state index contributed by atoms with van der Waals surface area (Å²) < 4.78 is 111. The Bertz CT molecular complexity index is 1590. The molecule has 2 amide bonds. The third-order valence-electron chi connectivity index (χ3n) is 8.87. The minimum absolute atomic E-state index is 0.0192. The molecule has 240 valence electrons. The number of β-amino-alcohol motifs (C(OH)–C–C–N with tert-alkyl or cyclic N) is 1. The summed E-state index contributed by atoms with van der Waals surface area (Å²) in [4.78, 5) is 32.2. The highest BCUT2D eigenvalue weighted by Crippen LogP contribution is 2.54. The number of pyridine rings is 1. The van der Waals surface area contributed by atoms with Gasteiger partial charge in [0.05, 0.1) is 22.2 Å². The maximum Gasteiger partial charge on any atom is 0.428 e. The topological polar surface area (TPSA) is 108 Å². The molecule has 2 aliphatic heterocycles. The normalized spacial score (nSPS) is 27.2. The fourth-order valence-corrected chi connectivity index (χ4v) is 9.03. The second-order valence-electron chi connectivity index (χ2n) is 12.4. The Morgan fingerprint density at radius 3 is 2.36 bits per heavy atom. The highest BCUT2D eigenvalue weighted by atomic mass is 32.2. The summed E-state index contributed by atoms with van der Waals surface area (Å²) in [7, 11) is -4.53. The van der Waals surface area contributed by atoms with Crippen LogP contribution in [0.5, 0.6) is 0 Å². The summed E-state index contributed by atoms with van der Waals surface area (Å²) in [6.07, 6.45) is -7.31. The van der Waals surface area contributed by atoms with Gasteiger partial charge in [-0.15, -0.1) is 0 Å². The standard InChI is InChI=1S/C29H31F6N3O5S/c1-26(2,41)15-38-21(13-20(31)24(38)39)25(40)37-11-10-28(44(42,43)18-7-5-17(30)6-8-18)19-14-36-22(27(3,32)29(33,34)35)12-16(19)4-9-23(28)37/h5-8,12,14,20-21,23,41H,4,9-11,13,15H2,1-3H3/t20-,21-,23?,27?,28?/m1/s1. The first-order chi connectivity index (χ1) is 20.2. The molecule has 2 saturated heterocycles. The Kier molecular flexibility index (Phi) is 7.63. The molecule has 15 heteroatoms. The number of halogens is 6. The van der Waals surface area contributed by atoms with Gasteiger partial charge in [0.1, 0.15) is 16.6 Å². The van der Waals surface area contributed by atoms with Crippen LogP contribution in [0, 0.1) is 5.82 Å². The van der Waals surface area contributed by atoms with Crippen LogP contribution in [0.25, 0.3) is 0 Å². The van der Waals surface area contributed by atoms with Crippen molar-refractivity contribution in [3.05, 3.63) is 59.2 Å². The van der Waals surface area contributed by atoms with E-state index in [1.54, 1.807) is 0 Å². The van der Waals surface area contributed by atoms with E-state index >= 15 is 0 Å². The van der Waals surface area contributed by atoms with Crippen molar-refractivity contribution in [3.8, 4) is 0 Å². The number of aryl methyl sites for hydroxylation is 1. The van der Waals surface area contributed by atoms with Crippen LogP contribution in [-0.4, -0.2) is 83.2 Å². The molecule has 1 aromatic carbocycles. The van der Waals surface area contributed by atoms with Crippen molar-refractivity contribution in [2.75, 3.05) is 13.1 Å². The molecule has 2 fully saturated rings. The molecule has 0 saturated carbocycles. The third-order valence-corrected chi connectivity index (χ3v) is 11.4. The van der Waals surface area contributed by atoms with E-state index in [0.29, 0.717) is 6.92 Å². The third kappa shape index (κ3) is 4.95. The fraction of sp³-hybridized carbons (Fsp3) is 0.552. The molecule has 2 aromatic rings. The van der Waals surface area contributed by atoms with Crippen LogP contribution in [0.1, 0.15) is 56.9 Å². The first-order valence-corrected chi connectivity index (χ1v) is 15.4. The smallest absolute Gasteiger partial charge is 0.389 e. The van der Waals surface area contributed by atoms with E-state index in [1.165, 1.54) is 18.7 Å². The summed E-state index contributed by atoms with van der Waals surface area (Å²) in [5.41, 5.74) is -6.19. The predicted octanol–water partition coefficient (Wildman–Crippen LogP) is 3.89. The van der Waals surface area contributed by atoms with Crippen molar-refractivity contribution in [1.29, 1.82) is 0 Å². The Morgan fingerprint density at radius 1 is 1.14 bits per heavy atom. The second kappa shape index (κ2) is 10.4. The van der Waals surface area contributed by atoms with Crippen molar-refractivity contribution >= 4 is 21.7 Å². The summed E-state index contributed by atoms with van der Waals surface area (Å²) in [5.74, 6) is -2.45. The van der Waals surface area contributed by atoms with Crippen LogP contribution >= 0.6 is 0 Å². The Labute approximate surface area is 250 Å². The number of sulfone groups is 1. The summed E-state index contributed by atoms with van der Waals surface area (Å²) in [6.45, 7) is 2.52. The molecule has 44 heavy (non-hydrogen) atoms. The average Bonchev–Trinajstić information content (AvgIpc) is 3.46. The van der Waals surface area contributed by atoms with Crippen LogP contribution < -0.4 is 0 Å². The number of aliphatic hydroxyl groups is 1. The summed E-state index contributed by atoms with van der Waals surface area (Å²) in [5, 5.41) is 10.3. The molecule has 3 aliphatic rings. The number of nitrogens with zero attached hydrogens (tertiary/aromatic N) is 3. The summed E-state index contributed by atoms with van der Waals surface area (Å²) >= 11 is 0. The van der Waals surface area contributed by atoms with Crippen molar-refractivity contribution in [2.45, 2.75) is 91.8 Å². The van der Waals surface area contributed by atoms with Gasteiger partial charge in [0.2, 0.25) is 11.6 Å². The van der Waals surface area contributed by atoms with Crippen molar-refractivity contribution in [2.24, 2.45) is 0 Å². The van der Waals surface area contributed by atoms with Gasteiger partial charge in [0.15, 0.2) is 16.0 Å². The Morgan fingerprint density at radius 2 is 1.77 bits per heavy atom. The van der Waals surface area contributed by atoms with E-state index in [-0.39, 0.29) is 48.4 Å².